The van der Waals surface area contributed by atoms with Gasteiger partial charge in [0, 0.05) is 26.2 Å². The van der Waals surface area contributed by atoms with Crippen molar-refractivity contribution in [3.63, 3.8) is 0 Å². The van der Waals surface area contributed by atoms with Gasteiger partial charge < -0.3 is 15.5 Å². The largest absolute Gasteiger partial charge is 0.329 e. The van der Waals surface area contributed by atoms with E-state index in [0.29, 0.717) is 13.1 Å². The Morgan fingerprint density at radius 2 is 2.44 bits per heavy atom. The molecule has 1 aliphatic heterocycles. The molecular weight excluding hydrogens is 210 g/mol. The first-order chi connectivity index (χ1) is 7.72. The maximum absolute atomic E-state index is 12.0. The standard InChI is InChI=1S/C8H15N7O/c1-14-2-3-15(6(4-9)5-14)8(16)7-10-12-13-11-7/h6H,2-5,9H2,1H3,(H,10,11,12,13). The minimum absolute atomic E-state index is 0.0183. The Bertz CT molecular complexity index is 351. The van der Waals surface area contributed by atoms with Crippen LogP contribution in [0.2, 0.25) is 0 Å². The van der Waals surface area contributed by atoms with Crippen molar-refractivity contribution >= 4 is 5.91 Å². The third-order valence-corrected chi connectivity index (χ3v) is 2.76. The zero-order valence-electron chi connectivity index (χ0n) is 9.13. The molecule has 16 heavy (non-hydrogen) atoms. The number of nitrogens with two attached hydrogens (primary N) is 1. The molecule has 88 valence electrons. The second-order valence-corrected chi connectivity index (χ2v) is 3.89. The molecule has 8 nitrogen and oxygen atoms in total. The number of hydrogen-bond donors (Lipinski definition) is 2. The van der Waals surface area contributed by atoms with Crippen LogP contribution in [-0.4, -0.2) is 75.6 Å². The molecule has 1 amide bonds. The van der Waals surface area contributed by atoms with Crippen LogP contribution in [0.5, 0.6) is 0 Å². The predicted octanol–water partition coefficient (Wildman–Crippen LogP) is -2.09. The van der Waals surface area contributed by atoms with Crippen LogP contribution < -0.4 is 5.73 Å². The lowest BCUT2D eigenvalue weighted by Gasteiger charge is -2.38. The lowest BCUT2D eigenvalue weighted by atomic mass is 10.1. The topological polar surface area (TPSA) is 104 Å². The molecule has 3 N–H and O–H groups in total. The Balaban J connectivity index is 2.10. The van der Waals surface area contributed by atoms with E-state index in [4.69, 9.17) is 5.73 Å². The highest BCUT2D eigenvalue weighted by atomic mass is 16.2. The minimum atomic E-state index is -0.211. The van der Waals surface area contributed by atoms with Gasteiger partial charge >= 0.3 is 0 Å². The van der Waals surface area contributed by atoms with Crippen molar-refractivity contribution in [1.29, 1.82) is 0 Å². The van der Waals surface area contributed by atoms with Gasteiger partial charge in [-0.1, -0.05) is 0 Å². The van der Waals surface area contributed by atoms with E-state index < -0.39 is 0 Å². The highest BCUT2D eigenvalue weighted by molar-refractivity contribution is 5.90. The highest BCUT2D eigenvalue weighted by Crippen LogP contribution is 2.09. The predicted molar refractivity (Wildman–Crippen MR) is 55.6 cm³/mol. The maximum Gasteiger partial charge on any atom is 0.295 e. The van der Waals surface area contributed by atoms with Crippen LogP contribution in [0.4, 0.5) is 0 Å². The Morgan fingerprint density at radius 3 is 3.06 bits per heavy atom. The van der Waals surface area contributed by atoms with E-state index in [1.807, 2.05) is 7.05 Å². The first-order valence-electron chi connectivity index (χ1n) is 5.15. The number of nitrogens with one attached hydrogen (secondary N) is 1. The van der Waals surface area contributed by atoms with E-state index in [1.54, 1.807) is 4.90 Å². The van der Waals surface area contributed by atoms with Crippen molar-refractivity contribution in [1.82, 2.24) is 30.4 Å². The summed E-state index contributed by atoms with van der Waals surface area (Å²) < 4.78 is 0. The van der Waals surface area contributed by atoms with Gasteiger partial charge in [0.05, 0.1) is 6.04 Å². The number of likely N-dealkylation sites (N-methyl/N-ethyl adjacent to an activating group) is 1. The van der Waals surface area contributed by atoms with Crippen molar-refractivity contribution in [2.45, 2.75) is 6.04 Å². The second-order valence-electron chi connectivity index (χ2n) is 3.89. The molecule has 0 spiro atoms. The van der Waals surface area contributed by atoms with Gasteiger partial charge in [0.2, 0.25) is 0 Å². The van der Waals surface area contributed by atoms with Gasteiger partial charge in [0.25, 0.3) is 11.7 Å². The monoisotopic (exact) mass is 225 g/mol. The maximum atomic E-state index is 12.0. The number of amides is 1. The molecule has 1 aromatic rings. The Labute approximate surface area is 92.8 Å². The number of aromatic nitrogens is 4. The smallest absolute Gasteiger partial charge is 0.295 e. The molecule has 1 aliphatic rings. The molecule has 8 heteroatoms. The number of tetrazole rings is 1. The van der Waals surface area contributed by atoms with Gasteiger partial charge in [-0.05, 0) is 12.3 Å². The second kappa shape index (κ2) is 4.54. The number of carbonyl (C=O) groups excluding carboxylic acids is 1. The molecule has 0 radical (unpaired) electrons. The van der Waals surface area contributed by atoms with E-state index in [2.05, 4.69) is 25.5 Å². The third kappa shape index (κ3) is 2.02. The quantitative estimate of drug-likeness (QED) is 0.598. The van der Waals surface area contributed by atoms with Gasteiger partial charge in [-0.25, -0.2) is 0 Å². The molecule has 2 rings (SSSR count). The minimum Gasteiger partial charge on any atom is -0.329 e. The van der Waals surface area contributed by atoms with E-state index in [1.165, 1.54) is 0 Å². The summed E-state index contributed by atoms with van der Waals surface area (Å²) in [5.74, 6) is -0.111. The van der Waals surface area contributed by atoms with E-state index in [-0.39, 0.29) is 17.8 Å². The number of hydrogen-bond acceptors (Lipinski definition) is 6. The highest BCUT2D eigenvalue weighted by Gasteiger charge is 2.30. The van der Waals surface area contributed by atoms with Crippen molar-refractivity contribution in [3.8, 4) is 0 Å². The summed E-state index contributed by atoms with van der Waals surface area (Å²) in [7, 11) is 2.01. The van der Waals surface area contributed by atoms with Gasteiger partial charge in [-0.15, -0.1) is 10.2 Å². The summed E-state index contributed by atoms with van der Waals surface area (Å²) in [4.78, 5) is 15.9. The molecule has 0 aliphatic carbocycles. The van der Waals surface area contributed by atoms with Crippen LogP contribution in [0, 0.1) is 0 Å². The molecule has 0 aromatic carbocycles. The van der Waals surface area contributed by atoms with Gasteiger partial charge in [-0.2, -0.15) is 5.21 Å². The zero-order chi connectivity index (χ0) is 11.5. The number of carbonyl (C=O) groups is 1. The fourth-order valence-corrected chi connectivity index (χ4v) is 1.86. The summed E-state index contributed by atoms with van der Waals surface area (Å²) in [6.07, 6.45) is 0. The molecular formula is C8H15N7O. The number of H-pyrrole nitrogens is 1. The summed E-state index contributed by atoms with van der Waals surface area (Å²) >= 11 is 0. The molecule has 1 atom stereocenters. The van der Waals surface area contributed by atoms with Crippen molar-refractivity contribution in [2.24, 2.45) is 5.73 Å². The fraction of sp³-hybridized carbons (Fsp3) is 0.750. The molecule has 1 fully saturated rings. The average Bonchev–Trinajstić information content (AvgIpc) is 2.81. The SMILES string of the molecule is CN1CCN(C(=O)c2nn[nH]n2)C(CN)C1. The van der Waals surface area contributed by atoms with Gasteiger partial charge in [0.15, 0.2) is 0 Å². The number of aromatic amines is 1. The fourth-order valence-electron chi connectivity index (χ4n) is 1.86. The van der Waals surface area contributed by atoms with Crippen LogP contribution in [0.3, 0.4) is 0 Å². The molecule has 0 bridgehead atoms. The van der Waals surface area contributed by atoms with Crippen LogP contribution in [0.15, 0.2) is 0 Å². The van der Waals surface area contributed by atoms with Crippen LogP contribution >= 0.6 is 0 Å². The number of rotatable bonds is 2. The van der Waals surface area contributed by atoms with Crippen molar-refractivity contribution in [2.75, 3.05) is 33.2 Å². The van der Waals surface area contributed by atoms with Gasteiger partial charge in [0.1, 0.15) is 0 Å². The molecule has 1 unspecified atom stereocenters. The van der Waals surface area contributed by atoms with Crippen molar-refractivity contribution in [3.05, 3.63) is 5.82 Å². The van der Waals surface area contributed by atoms with Crippen molar-refractivity contribution < 1.29 is 4.79 Å². The third-order valence-electron chi connectivity index (χ3n) is 2.76. The first-order valence-corrected chi connectivity index (χ1v) is 5.15. The van der Waals surface area contributed by atoms with E-state index in [0.717, 1.165) is 13.1 Å². The Kier molecular flexibility index (Phi) is 3.11. The molecule has 1 aromatic heterocycles. The normalized spacial score (nSPS) is 22.4. The Morgan fingerprint density at radius 1 is 1.62 bits per heavy atom. The summed E-state index contributed by atoms with van der Waals surface area (Å²) in [5.41, 5.74) is 5.66. The molecule has 2 heterocycles. The van der Waals surface area contributed by atoms with Gasteiger partial charge in [-0.3, -0.25) is 4.79 Å². The average molecular weight is 225 g/mol. The van der Waals surface area contributed by atoms with E-state index in [9.17, 15) is 4.79 Å². The summed E-state index contributed by atoms with van der Waals surface area (Å²) in [6, 6.07) is 0.0183. The van der Waals surface area contributed by atoms with Crippen LogP contribution in [-0.2, 0) is 0 Å². The first kappa shape index (κ1) is 11.0. The lowest BCUT2D eigenvalue weighted by Crippen LogP contribution is -2.56. The zero-order valence-corrected chi connectivity index (χ0v) is 9.13. The summed E-state index contributed by atoms with van der Waals surface area (Å²) in [6.45, 7) is 2.69. The molecule has 1 saturated heterocycles. The molecule has 0 saturated carbocycles. The van der Waals surface area contributed by atoms with E-state index >= 15 is 0 Å². The van der Waals surface area contributed by atoms with Crippen LogP contribution in [0.25, 0.3) is 0 Å². The van der Waals surface area contributed by atoms with Crippen LogP contribution in [0.1, 0.15) is 10.6 Å². The summed E-state index contributed by atoms with van der Waals surface area (Å²) in [5, 5.41) is 13.0. The Hall–Kier alpha value is -1.54. The lowest BCUT2D eigenvalue weighted by molar-refractivity contribution is 0.0504. The number of nitrogens with zero attached hydrogens (tertiary/aromatic N) is 5. The number of piperazine rings is 1.